The Hall–Kier alpha value is -2.49. The first-order valence-corrected chi connectivity index (χ1v) is 7.77. The molecule has 4 nitrogen and oxygen atoms in total. The van der Waals surface area contributed by atoms with Crippen molar-refractivity contribution in [3.63, 3.8) is 0 Å². The third-order valence-electron chi connectivity index (χ3n) is 3.61. The maximum Gasteiger partial charge on any atom is 0.263 e. The SMILES string of the molecule is CCN(Cc1ccccc1)C(=O)C(C)Oc1cccc(OC)c1. The van der Waals surface area contributed by atoms with Crippen LogP contribution in [0.1, 0.15) is 19.4 Å². The van der Waals surface area contributed by atoms with Crippen LogP contribution in [-0.2, 0) is 11.3 Å². The summed E-state index contributed by atoms with van der Waals surface area (Å²) in [6.07, 6.45) is -0.550. The summed E-state index contributed by atoms with van der Waals surface area (Å²) in [5, 5.41) is 0. The number of likely N-dealkylation sites (N-methyl/N-ethyl adjacent to an activating group) is 1. The summed E-state index contributed by atoms with van der Waals surface area (Å²) in [5.41, 5.74) is 1.11. The molecule has 122 valence electrons. The molecule has 0 saturated heterocycles. The van der Waals surface area contributed by atoms with Gasteiger partial charge in [-0.05, 0) is 31.5 Å². The molecule has 0 aliphatic rings. The monoisotopic (exact) mass is 313 g/mol. The zero-order valence-corrected chi connectivity index (χ0v) is 13.9. The standard InChI is InChI=1S/C19H23NO3/c1-4-20(14-16-9-6-5-7-10-16)19(21)15(2)23-18-12-8-11-17(13-18)22-3/h5-13,15H,4,14H2,1-3H3. The van der Waals surface area contributed by atoms with Crippen LogP contribution in [0.2, 0.25) is 0 Å². The van der Waals surface area contributed by atoms with Crippen molar-refractivity contribution < 1.29 is 14.3 Å². The van der Waals surface area contributed by atoms with Gasteiger partial charge in [0.25, 0.3) is 5.91 Å². The van der Waals surface area contributed by atoms with Gasteiger partial charge < -0.3 is 14.4 Å². The summed E-state index contributed by atoms with van der Waals surface area (Å²) in [4.78, 5) is 14.4. The molecular weight excluding hydrogens is 290 g/mol. The van der Waals surface area contributed by atoms with Crippen LogP contribution in [0.15, 0.2) is 54.6 Å². The molecule has 4 heteroatoms. The average molecular weight is 313 g/mol. The van der Waals surface area contributed by atoms with E-state index < -0.39 is 6.10 Å². The van der Waals surface area contributed by atoms with Gasteiger partial charge in [0.2, 0.25) is 0 Å². The van der Waals surface area contributed by atoms with E-state index in [1.165, 1.54) is 0 Å². The minimum Gasteiger partial charge on any atom is -0.497 e. The molecule has 0 bridgehead atoms. The summed E-state index contributed by atoms with van der Waals surface area (Å²) in [6, 6.07) is 17.2. The number of rotatable bonds is 7. The Labute approximate surface area is 137 Å². The summed E-state index contributed by atoms with van der Waals surface area (Å²) >= 11 is 0. The largest absolute Gasteiger partial charge is 0.497 e. The fourth-order valence-electron chi connectivity index (χ4n) is 2.34. The Morgan fingerprint density at radius 1 is 1.09 bits per heavy atom. The van der Waals surface area contributed by atoms with E-state index >= 15 is 0 Å². The van der Waals surface area contributed by atoms with Gasteiger partial charge in [0.05, 0.1) is 7.11 Å². The average Bonchev–Trinajstić information content (AvgIpc) is 2.60. The Morgan fingerprint density at radius 3 is 2.43 bits per heavy atom. The number of methoxy groups -OCH3 is 1. The Morgan fingerprint density at radius 2 is 1.78 bits per heavy atom. The zero-order chi connectivity index (χ0) is 16.7. The molecule has 0 aliphatic carbocycles. The summed E-state index contributed by atoms with van der Waals surface area (Å²) < 4.78 is 10.9. The summed E-state index contributed by atoms with van der Waals surface area (Å²) in [5.74, 6) is 1.30. The first kappa shape index (κ1) is 16.9. The van der Waals surface area contributed by atoms with Crippen molar-refractivity contribution in [3.05, 3.63) is 60.2 Å². The molecule has 0 spiro atoms. The topological polar surface area (TPSA) is 38.8 Å². The minimum atomic E-state index is -0.550. The van der Waals surface area contributed by atoms with Crippen molar-refractivity contribution in [1.29, 1.82) is 0 Å². The molecule has 0 radical (unpaired) electrons. The highest BCUT2D eigenvalue weighted by atomic mass is 16.5. The van der Waals surface area contributed by atoms with Crippen LogP contribution in [0.25, 0.3) is 0 Å². The lowest BCUT2D eigenvalue weighted by atomic mass is 10.2. The highest BCUT2D eigenvalue weighted by Crippen LogP contribution is 2.20. The van der Waals surface area contributed by atoms with E-state index in [4.69, 9.17) is 9.47 Å². The van der Waals surface area contributed by atoms with Crippen LogP contribution < -0.4 is 9.47 Å². The van der Waals surface area contributed by atoms with Crippen molar-refractivity contribution in [2.75, 3.05) is 13.7 Å². The predicted molar refractivity (Wildman–Crippen MR) is 90.6 cm³/mol. The Bertz CT molecular complexity index is 628. The number of carbonyl (C=O) groups excluding carboxylic acids is 1. The molecule has 2 rings (SSSR count). The van der Waals surface area contributed by atoms with Crippen LogP contribution in [0.4, 0.5) is 0 Å². The second-order valence-electron chi connectivity index (χ2n) is 5.28. The van der Waals surface area contributed by atoms with Crippen molar-refractivity contribution in [3.8, 4) is 11.5 Å². The fourth-order valence-corrected chi connectivity index (χ4v) is 2.34. The molecule has 2 aromatic rings. The second-order valence-corrected chi connectivity index (χ2v) is 5.28. The maximum atomic E-state index is 12.6. The number of benzene rings is 2. The third-order valence-corrected chi connectivity index (χ3v) is 3.61. The van der Waals surface area contributed by atoms with Gasteiger partial charge >= 0.3 is 0 Å². The van der Waals surface area contributed by atoms with Crippen molar-refractivity contribution in [2.24, 2.45) is 0 Å². The van der Waals surface area contributed by atoms with Gasteiger partial charge in [-0.3, -0.25) is 4.79 Å². The normalized spacial score (nSPS) is 11.6. The molecule has 1 unspecified atom stereocenters. The minimum absolute atomic E-state index is 0.0285. The molecular formula is C19H23NO3. The van der Waals surface area contributed by atoms with Gasteiger partial charge in [0, 0.05) is 19.2 Å². The summed E-state index contributed by atoms with van der Waals surface area (Å²) in [6.45, 7) is 4.97. The van der Waals surface area contributed by atoms with Gasteiger partial charge in [-0.15, -0.1) is 0 Å². The molecule has 0 aromatic heterocycles. The highest BCUT2D eigenvalue weighted by Gasteiger charge is 2.21. The first-order valence-electron chi connectivity index (χ1n) is 7.77. The molecule has 23 heavy (non-hydrogen) atoms. The van der Waals surface area contributed by atoms with E-state index in [0.29, 0.717) is 24.6 Å². The van der Waals surface area contributed by atoms with E-state index in [2.05, 4.69) is 0 Å². The van der Waals surface area contributed by atoms with Crippen LogP contribution in [0.5, 0.6) is 11.5 Å². The number of amides is 1. The van der Waals surface area contributed by atoms with Crippen LogP contribution in [0.3, 0.4) is 0 Å². The first-order chi connectivity index (χ1) is 11.1. The lowest BCUT2D eigenvalue weighted by Crippen LogP contribution is -2.39. The number of hydrogen-bond acceptors (Lipinski definition) is 3. The molecule has 0 fully saturated rings. The molecule has 1 amide bonds. The third kappa shape index (κ3) is 4.74. The lowest BCUT2D eigenvalue weighted by molar-refractivity contribution is -0.138. The Balaban J connectivity index is 2.01. The van der Waals surface area contributed by atoms with Crippen molar-refractivity contribution >= 4 is 5.91 Å². The van der Waals surface area contributed by atoms with Gasteiger partial charge in [0.1, 0.15) is 11.5 Å². The van der Waals surface area contributed by atoms with E-state index in [9.17, 15) is 4.79 Å². The maximum absolute atomic E-state index is 12.6. The predicted octanol–water partition coefficient (Wildman–Crippen LogP) is 3.51. The molecule has 0 N–H and O–H groups in total. The zero-order valence-electron chi connectivity index (χ0n) is 13.9. The molecule has 0 saturated carbocycles. The van der Waals surface area contributed by atoms with Crippen LogP contribution in [0, 0.1) is 0 Å². The van der Waals surface area contributed by atoms with E-state index in [1.54, 1.807) is 25.0 Å². The Kier molecular flexibility index (Phi) is 6.03. The number of ether oxygens (including phenoxy) is 2. The number of hydrogen-bond donors (Lipinski definition) is 0. The quantitative estimate of drug-likeness (QED) is 0.785. The molecule has 2 aromatic carbocycles. The fraction of sp³-hybridized carbons (Fsp3) is 0.316. The van der Waals surface area contributed by atoms with E-state index in [1.807, 2.05) is 55.5 Å². The number of carbonyl (C=O) groups is 1. The van der Waals surface area contributed by atoms with Gasteiger partial charge in [0.15, 0.2) is 6.10 Å². The lowest BCUT2D eigenvalue weighted by Gasteiger charge is -2.25. The number of nitrogens with zero attached hydrogens (tertiary/aromatic N) is 1. The van der Waals surface area contributed by atoms with Crippen molar-refractivity contribution in [2.45, 2.75) is 26.5 Å². The van der Waals surface area contributed by atoms with E-state index in [0.717, 1.165) is 5.56 Å². The summed E-state index contributed by atoms with van der Waals surface area (Å²) in [7, 11) is 1.60. The van der Waals surface area contributed by atoms with Crippen LogP contribution >= 0.6 is 0 Å². The van der Waals surface area contributed by atoms with Crippen LogP contribution in [-0.4, -0.2) is 30.6 Å². The van der Waals surface area contributed by atoms with Gasteiger partial charge in [-0.25, -0.2) is 0 Å². The molecule has 0 aliphatic heterocycles. The highest BCUT2D eigenvalue weighted by molar-refractivity contribution is 5.80. The van der Waals surface area contributed by atoms with Gasteiger partial charge in [-0.2, -0.15) is 0 Å². The smallest absolute Gasteiger partial charge is 0.263 e. The van der Waals surface area contributed by atoms with E-state index in [-0.39, 0.29) is 5.91 Å². The van der Waals surface area contributed by atoms with Gasteiger partial charge in [-0.1, -0.05) is 36.4 Å². The van der Waals surface area contributed by atoms with Crippen molar-refractivity contribution in [1.82, 2.24) is 4.90 Å². The molecule has 0 heterocycles. The second kappa shape index (κ2) is 8.22. The molecule has 1 atom stereocenters.